The lowest BCUT2D eigenvalue weighted by molar-refractivity contribution is -0.136. The summed E-state index contributed by atoms with van der Waals surface area (Å²) in [5, 5.41) is 14.4. The van der Waals surface area contributed by atoms with Gasteiger partial charge in [-0.05, 0) is 40.6 Å². The Morgan fingerprint density at radius 2 is 1.42 bits per heavy atom. The Hall–Kier alpha value is -3.33. The summed E-state index contributed by atoms with van der Waals surface area (Å²) in [7, 11) is 0. The quantitative estimate of drug-likeness (QED) is 0.400. The molecule has 0 bridgehead atoms. The molecule has 1 N–H and O–H groups in total. The SMILES string of the molecule is CC1N(CCC(=O)O)c2c(c3ccccc3c3ccccc23)C1(C)Cc1ccccc1. The van der Waals surface area contributed by atoms with Crippen molar-refractivity contribution in [3.63, 3.8) is 0 Å². The number of benzene rings is 4. The van der Waals surface area contributed by atoms with Gasteiger partial charge in [-0.1, -0.05) is 85.8 Å². The molecule has 4 aromatic rings. The maximum absolute atomic E-state index is 11.5. The third-order valence-corrected chi connectivity index (χ3v) is 7.13. The second-order valence-electron chi connectivity index (χ2n) is 8.91. The predicted octanol–water partition coefficient (Wildman–Crippen LogP) is 6.18. The fourth-order valence-electron chi connectivity index (χ4n) is 5.52. The number of hydrogen-bond donors (Lipinski definition) is 1. The highest BCUT2D eigenvalue weighted by Gasteiger charge is 2.47. The van der Waals surface area contributed by atoms with Crippen LogP contribution in [0.25, 0.3) is 21.5 Å². The monoisotopic (exact) mass is 409 g/mol. The van der Waals surface area contributed by atoms with Crippen molar-refractivity contribution in [1.29, 1.82) is 0 Å². The Bertz CT molecular complexity index is 1280. The van der Waals surface area contributed by atoms with Gasteiger partial charge in [0.15, 0.2) is 0 Å². The number of carbonyl (C=O) groups is 1. The highest BCUT2D eigenvalue weighted by atomic mass is 16.4. The van der Waals surface area contributed by atoms with Gasteiger partial charge in [-0.2, -0.15) is 0 Å². The van der Waals surface area contributed by atoms with Crippen LogP contribution in [0.15, 0.2) is 78.9 Å². The van der Waals surface area contributed by atoms with Crippen LogP contribution in [-0.4, -0.2) is 23.7 Å². The summed E-state index contributed by atoms with van der Waals surface area (Å²) >= 11 is 0. The first-order valence-electron chi connectivity index (χ1n) is 11.0. The number of anilines is 1. The fourth-order valence-corrected chi connectivity index (χ4v) is 5.52. The molecule has 3 nitrogen and oxygen atoms in total. The first-order valence-corrected chi connectivity index (χ1v) is 11.0. The van der Waals surface area contributed by atoms with Crippen LogP contribution in [0.2, 0.25) is 0 Å². The van der Waals surface area contributed by atoms with Gasteiger partial charge in [-0.15, -0.1) is 0 Å². The van der Waals surface area contributed by atoms with Crippen LogP contribution in [0, 0.1) is 0 Å². The molecule has 0 amide bonds. The second kappa shape index (κ2) is 7.42. The molecule has 31 heavy (non-hydrogen) atoms. The zero-order valence-electron chi connectivity index (χ0n) is 18.0. The van der Waals surface area contributed by atoms with Crippen LogP contribution in [-0.2, 0) is 16.6 Å². The number of nitrogens with zero attached hydrogens (tertiary/aromatic N) is 1. The average molecular weight is 410 g/mol. The van der Waals surface area contributed by atoms with Crippen LogP contribution >= 0.6 is 0 Å². The number of carboxylic acids is 1. The number of carboxylic acid groups (broad SMARTS) is 1. The molecule has 0 aliphatic carbocycles. The summed E-state index contributed by atoms with van der Waals surface area (Å²) in [5.41, 5.74) is 3.73. The molecule has 3 heteroatoms. The molecule has 5 rings (SSSR count). The van der Waals surface area contributed by atoms with Gasteiger partial charge in [0.2, 0.25) is 0 Å². The Labute approximate surface area is 182 Å². The van der Waals surface area contributed by atoms with E-state index >= 15 is 0 Å². The number of fused-ring (bicyclic) bond motifs is 6. The van der Waals surface area contributed by atoms with Crippen molar-refractivity contribution < 1.29 is 9.90 Å². The molecule has 1 aliphatic rings. The van der Waals surface area contributed by atoms with Gasteiger partial charge in [0.05, 0.1) is 6.42 Å². The average Bonchev–Trinajstić information content (AvgIpc) is 3.00. The van der Waals surface area contributed by atoms with E-state index in [0.29, 0.717) is 6.54 Å². The van der Waals surface area contributed by atoms with E-state index in [4.69, 9.17) is 0 Å². The summed E-state index contributed by atoms with van der Waals surface area (Å²) in [6.07, 6.45) is 1.04. The summed E-state index contributed by atoms with van der Waals surface area (Å²) in [6.45, 7) is 5.12. The summed E-state index contributed by atoms with van der Waals surface area (Å²) < 4.78 is 0. The zero-order valence-corrected chi connectivity index (χ0v) is 18.0. The molecule has 0 radical (unpaired) electrons. The summed E-state index contributed by atoms with van der Waals surface area (Å²) in [4.78, 5) is 13.8. The van der Waals surface area contributed by atoms with Crippen molar-refractivity contribution in [3.8, 4) is 0 Å². The highest BCUT2D eigenvalue weighted by Crippen LogP contribution is 2.53. The van der Waals surface area contributed by atoms with Crippen molar-refractivity contribution in [2.24, 2.45) is 0 Å². The minimum absolute atomic E-state index is 0.131. The Balaban J connectivity index is 1.82. The van der Waals surface area contributed by atoms with Crippen LogP contribution in [0.1, 0.15) is 31.4 Å². The third kappa shape index (κ3) is 3.07. The second-order valence-corrected chi connectivity index (χ2v) is 8.91. The summed E-state index contributed by atoms with van der Waals surface area (Å²) in [5.74, 6) is -0.754. The highest BCUT2D eigenvalue weighted by molar-refractivity contribution is 6.16. The predicted molar refractivity (Wildman–Crippen MR) is 128 cm³/mol. The van der Waals surface area contributed by atoms with Crippen molar-refractivity contribution >= 4 is 33.2 Å². The lowest BCUT2D eigenvalue weighted by Gasteiger charge is -2.35. The summed E-state index contributed by atoms with van der Waals surface area (Å²) in [6, 6.07) is 28.0. The molecule has 0 saturated heterocycles. The first-order chi connectivity index (χ1) is 15.0. The standard InChI is InChI=1S/C28H27NO2/c1-19-28(2,18-20-10-4-3-5-11-20)26-23-14-8-6-12-21(23)22-13-7-9-15-24(22)27(26)29(19)17-16-25(30)31/h3-15,19H,16-18H2,1-2H3,(H,30,31). The lowest BCUT2D eigenvalue weighted by Crippen LogP contribution is -2.43. The molecule has 0 aromatic heterocycles. The number of hydrogen-bond acceptors (Lipinski definition) is 2. The van der Waals surface area contributed by atoms with Gasteiger partial charge in [-0.3, -0.25) is 4.79 Å². The normalized spacial score (nSPS) is 20.3. The molecule has 1 heterocycles. The van der Waals surface area contributed by atoms with Gasteiger partial charge in [0.1, 0.15) is 0 Å². The smallest absolute Gasteiger partial charge is 0.305 e. The lowest BCUT2D eigenvalue weighted by atomic mass is 9.72. The first kappa shape index (κ1) is 19.6. The van der Waals surface area contributed by atoms with Gasteiger partial charge >= 0.3 is 5.97 Å². The molecule has 2 atom stereocenters. The largest absolute Gasteiger partial charge is 0.481 e. The molecule has 2 unspecified atom stereocenters. The Morgan fingerprint density at radius 1 is 0.871 bits per heavy atom. The molecule has 0 spiro atoms. The molecule has 1 aliphatic heterocycles. The van der Waals surface area contributed by atoms with Crippen LogP contribution in [0.5, 0.6) is 0 Å². The van der Waals surface area contributed by atoms with Crippen molar-refractivity contribution in [2.75, 3.05) is 11.4 Å². The van der Waals surface area contributed by atoms with E-state index in [1.165, 1.54) is 38.4 Å². The van der Waals surface area contributed by atoms with E-state index in [9.17, 15) is 9.90 Å². The minimum atomic E-state index is -0.754. The molecular weight excluding hydrogens is 382 g/mol. The van der Waals surface area contributed by atoms with E-state index in [2.05, 4.69) is 97.6 Å². The Kier molecular flexibility index (Phi) is 4.70. The topological polar surface area (TPSA) is 40.5 Å². The van der Waals surface area contributed by atoms with Crippen LogP contribution < -0.4 is 4.90 Å². The zero-order chi connectivity index (χ0) is 21.6. The molecule has 0 fully saturated rings. The molecular formula is C28H27NO2. The third-order valence-electron chi connectivity index (χ3n) is 7.13. The van der Waals surface area contributed by atoms with Crippen molar-refractivity contribution in [3.05, 3.63) is 90.0 Å². The minimum Gasteiger partial charge on any atom is -0.481 e. The van der Waals surface area contributed by atoms with Crippen LogP contribution in [0.4, 0.5) is 5.69 Å². The molecule has 4 aromatic carbocycles. The van der Waals surface area contributed by atoms with Crippen LogP contribution in [0.3, 0.4) is 0 Å². The van der Waals surface area contributed by atoms with Gasteiger partial charge in [-0.25, -0.2) is 0 Å². The maximum Gasteiger partial charge on any atom is 0.305 e. The maximum atomic E-state index is 11.5. The number of aliphatic carboxylic acids is 1. The molecule has 156 valence electrons. The van der Waals surface area contributed by atoms with E-state index in [-0.39, 0.29) is 17.9 Å². The Morgan fingerprint density at radius 3 is 2.06 bits per heavy atom. The van der Waals surface area contributed by atoms with Crippen molar-refractivity contribution in [1.82, 2.24) is 0 Å². The van der Waals surface area contributed by atoms with E-state index in [1.54, 1.807) is 0 Å². The van der Waals surface area contributed by atoms with Gasteiger partial charge in [0.25, 0.3) is 0 Å². The van der Waals surface area contributed by atoms with E-state index in [0.717, 1.165) is 6.42 Å². The van der Waals surface area contributed by atoms with E-state index in [1.807, 2.05) is 0 Å². The van der Waals surface area contributed by atoms with Gasteiger partial charge in [0, 0.05) is 29.1 Å². The number of rotatable bonds is 5. The van der Waals surface area contributed by atoms with E-state index < -0.39 is 5.97 Å². The fraction of sp³-hybridized carbons (Fsp3) is 0.250. The van der Waals surface area contributed by atoms with Crippen molar-refractivity contribution in [2.45, 2.75) is 38.1 Å². The molecule has 0 saturated carbocycles. The van der Waals surface area contributed by atoms with Gasteiger partial charge < -0.3 is 10.0 Å².